The number of halogens is 6. The number of ether oxygens (including phenoxy) is 1. The van der Waals surface area contributed by atoms with Gasteiger partial charge in [0, 0.05) is 8.80 Å². The lowest BCUT2D eigenvalue weighted by atomic mass is 9.92. The molecule has 1 saturated heterocycles. The normalized spacial score (nSPS) is 16.2. The molecule has 2 aromatic carbocycles. The largest absolute Gasteiger partial charge is 0.484 e. The first-order chi connectivity index (χ1) is 15.6. The molecule has 3 rings (SSSR count). The summed E-state index contributed by atoms with van der Waals surface area (Å²) in [4.78, 5) is 0. The third kappa shape index (κ3) is 6.77. The zero-order chi connectivity index (χ0) is 24.1. The van der Waals surface area contributed by atoms with Crippen molar-refractivity contribution in [2.45, 2.75) is 75.2 Å². The number of hydrogen-bond donors (Lipinski definition) is 0. The van der Waals surface area contributed by atoms with Crippen molar-refractivity contribution in [3.63, 3.8) is 0 Å². The summed E-state index contributed by atoms with van der Waals surface area (Å²) in [5.74, 6) is -6.14. The van der Waals surface area contributed by atoms with Gasteiger partial charge in [0.1, 0.15) is 0 Å². The molecule has 1 aliphatic heterocycles. The van der Waals surface area contributed by atoms with Crippen LogP contribution < -0.4 is 4.74 Å². The van der Waals surface area contributed by atoms with Gasteiger partial charge in [-0.25, -0.2) is 4.39 Å². The lowest BCUT2D eigenvalue weighted by Gasteiger charge is -2.28. The van der Waals surface area contributed by atoms with Gasteiger partial charge in [-0.2, -0.15) is 22.0 Å². The maximum Gasteiger partial charge on any atom is 0.456 e. The highest BCUT2D eigenvalue weighted by Gasteiger charge is 2.58. The van der Waals surface area contributed by atoms with Crippen molar-refractivity contribution in [1.29, 1.82) is 0 Å². The number of hydrogen-bond acceptors (Lipinski definition) is 1. The molecule has 1 nitrogen and oxygen atoms in total. The Morgan fingerprint density at radius 3 is 2.12 bits per heavy atom. The first-order valence-electron chi connectivity index (χ1n) is 11.4. The van der Waals surface area contributed by atoms with E-state index in [1.807, 2.05) is 24.3 Å². The van der Waals surface area contributed by atoms with E-state index in [0.717, 1.165) is 17.7 Å². The van der Waals surface area contributed by atoms with E-state index in [4.69, 9.17) is 0 Å². The second kappa shape index (κ2) is 11.0. The lowest BCUT2D eigenvalue weighted by molar-refractivity contribution is -0.290. The van der Waals surface area contributed by atoms with Gasteiger partial charge in [-0.3, -0.25) is 0 Å². The Hall–Kier alpha value is -1.96. The highest BCUT2D eigenvalue weighted by atomic mass is 28.3. The van der Waals surface area contributed by atoms with Crippen molar-refractivity contribution in [1.82, 2.24) is 0 Å². The number of rotatable bonds is 9. The van der Waals surface area contributed by atoms with Gasteiger partial charge in [0.15, 0.2) is 18.2 Å². The number of alkyl halides is 5. The van der Waals surface area contributed by atoms with Crippen molar-refractivity contribution in [2.24, 2.45) is 0 Å². The summed E-state index contributed by atoms with van der Waals surface area (Å²) in [6.45, 7) is 0.263. The van der Waals surface area contributed by atoms with Crippen LogP contribution in [0.25, 0.3) is 11.1 Å². The molecule has 0 N–H and O–H groups in total. The fourth-order valence-electron chi connectivity index (χ4n) is 4.23. The van der Waals surface area contributed by atoms with E-state index in [2.05, 4.69) is 11.7 Å². The van der Waals surface area contributed by atoms with Gasteiger partial charge in [0.2, 0.25) is 0 Å². The molecular weight excluding hydrogens is 458 g/mol. The van der Waals surface area contributed by atoms with Crippen LogP contribution in [0.4, 0.5) is 26.3 Å². The van der Waals surface area contributed by atoms with Crippen LogP contribution in [0, 0.1) is 5.82 Å². The molecule has 8 heteroatoms. The maximum absolute atomic E-state index is 14.3. The minimum absolute atomic E-state index is 0.204. The fourth-order valence-corrected chi connectivity index (χ4v) is 7.24. The first kappa shape index (κ1) is 25.7. The molecule has 0 bridgehead atoms. The van der Waals surface area contributed by atoms with E-state index in [9.17, 15) is 26.3 Å². The Morgan fingerprint density at radius 1 is 0.909 bits per heavy atom. The molecule has 0 aromatic heterocycles. The second-order valence-corrected chi connectivity index (χ2v) is 11.7. The molecule has 1 heterocycles. The highest BCUT2D eigenvalue weighted by Crippen LogP contribution is 2.38. The quantitative estimate of drug-likeness (QED) is 0.195. The van der Waals surface area contributed by atoms with Gasteiger partial charge in [0.05, 0.1) is 0 Å². The summed E-state index contributed by atoms with van der Waals surface area (Å²) >= 11 is 0. The van der Waals surface area contributed by atoms with E-state index >= 15 is 0 Å². The zero-order valence-electron chi connectivity index (χ0n) is 18.7. The first-order valence-corrected chi connectivity index (χ1v) is 13.5. The molecule has 0 spiro atoms. The van der Waals surface area contributed by atoms with Crippen molar-refractivity contribution >= 4 is 8.80 Å². The molecule has 33 heavy (non-hydrogen) atoms. The molecule has 1 aliphatic rings. The molecule has 181 valence electrons. The molecule has 0 unspecified atom stereocenters. The number of unbranched alkanes of at least 4 members (excludes halogenated alkanes) is 2. The predicted octanol–water partition coefficient (Wildman–Crippen LogP) is 8.63. The van der Waals surface area contributed by atoms with Gasteiger partial charge in [-0.1, -0.05) is 74.7 Å². The third-order valence-electron chi connectivity index (χ3n) is 6.30. The van der Waals surface area contributed by atoms with Crippen LogP contribution in [-0.4, -0.2) is 27.5 Å². The smallest absolute Gasteiger partial charge is 0.456 e. The zero-order valence-corrected chi connectivity index (χ0v) is 19.7. The average Bonchev–Trinajstić information content (AvgIpc) is 2.78. The average molecular weight is 488 g/mol. The molecule has 1 radical (unpaired) electrons. The fraction of sp³-hybridized carbons (Fsp3) is 0.520. The molecule has 0 atom stereocenters. The van der Waals surface area contributed by atoms with Crippen molar-refractivity contribution < 1.29 is 31.1 Å². The van der Waals surface area contributed by atoms with E-state index in [-0.39, 0.29) is 8.80 Å². The van der Waals surface area contributed by atoms with E-state index < -0.39 is 30.3 Å². The molecule has 2 aromatic rings. The van der Waals surface area contributed by atoms with E-state index in [0.29, 0.717) is 11.5 Å². The summed E-state index contributed by atoms with van der Waals surface area (Å²) in [6, 6.07) is 15.6. The summed E-state index contributed by atoms with van der Waals surface area (Å²) in [7, 11) is -0.204. The third-order valence-corrected chi connectivity index (χ3v) is 9.35. The van der Waals surface area contributed by atoms with Gasteiger partial charge in [-0.05, 0) is 47.6 Å². The second-order valence-electron chi connectivity index (χ2n) is 8.74. The highest BCUT2D eigenvalue weighted by molar-refractivity contribution is 6.59. The molecule has 1 fully saturated rings. The minimum atomic E-state index is -5.75. The van der Waals surface area contributed by atoms with E-state index in [1.165, 1.54) is 61.9 Å². The maximum atomic E-state index is 14.3. The summed E-state index contributed by atoms with van der Waals surface area (Å²) in [5, 5.41) is 0. The van der Waals surface area contributed by atoms with Crippen LogP contribution in [-0.2, 0) is 0 Å². The van der Waals surface area contributed by atoms with Crippen LogP contribution >= 0.6 is 0 Å². The van der Waals surface area contributed by atoms with Crippen LogP contribution in [0.2, 0.25) is 18.1 Å². The summed E-state index contributed by atoms with van der Waals surface area (Å²) < 4.78 is 81.4. The summed E-state index contributed by atoms with van der Waals surface area (Å²) in [5.41, 5.74) is 2.51. The summed E-state index contributed by atoms with van der Waals surface area (Å²) in [6.07, 6.45) is 0.618. The minimum Gasteiger partial charge on any atom is -0.484 e. The molecule has 0 amide bonds. The van der Waals surface area contributed by atoms with E-state index in [1.54, 1.807) is 0 Å². The lowest BCUT2D eigenvalue weighted by Crippen LogP contribution is -2.41. The van der Waals surface area contributed by atoms with Crippen molar-refractivity contribution in [3.8, 4) is 16.9 Å². The van der Waals surface area contributed by atoms with Gasteiger partial charge < -0.3 is 4.74 Å². The van der Waals surface area contributed by atoms with Gasteiger partial charge >= 0.3 is 12.1 Å². The Kier molecular flexibility index (Phi) is 8.53. The SMILES string of the molecule is CCCCC[Si]1CCC(c2ccc(-c3ccc(OCC(F)(F)C(F)(F)F)c(F)c3)cc2)CC1. The topological polar surface area (TPSA) is 9.23 Å². The number of benzene rings is 2. The van der Waals surface area contributed by atoms with Crippen LogP contribution in [0.15, 0.2) is 42.5 Å². The van der Waals surface area contributed by atoms with Crippen LogP contribution in [0.1, 0.15) is 50.5 Å². The molecule has 0 aliphatic carbocycles. The standard InChI is InChI=1S/C25H29F6OSi/c1-2-3-4-13-33-14-11-20(12-15-33)18-5-7-19(8-6-18)21-9-10-23(22(26)16-21)32-17-24(27,28)25(29,30)31/h5-10,16,20H,2-4,11-15,17H2,1H3. The van der Waals surface area contributed by atoms with Crippen molar-refractivity contribution in [3.05, 3.63) is 53.8 Å². The molecule has 0 saturated carbocycles. The monoisotopic (exact) mass is 487 g/mol. The Balaban J connectivity index is 1.58. The Bertz CT molecular complexity index is 889. The molecular formula is C25H29F6OSi. The van der Waals surface area contributed by atoms with Gasteiger partial charge in [-0.15, -0.1) is 0 Å². The Morgan fingerprint density at radius 2 is 1.55 bits per heavy atom. The van der Waals surface area contributed by atoms with Crippen LogP contribution in [0.5, 0.6) is 5.75 Å². The predicted molar refractivity (Wildman–Crippen MR) is 120 cm³/mol. The van der Waals surface area contributed by atoms with Crippen molar-refractivity contribution in [2.75, 3.05) is 6.61 Å². The van der Waals surface area contributed by atoms with Gasteiger partial charge in [0.25, 0.3) is 0 Å². The Labute approximate surface area is 192 Å². The van der Waals surface area contributed by atoms with Crippen LogP contribution in [0.3, 0.4) is 0 Å².